The standard InChI is InChI=1S/C12H16N2O2/c1-15-12-9-5-3-4-6-10(9)14(16-2)11(12)7-8-13/h3-6H,7-8,13H2,1-2H3. The summed E-state index contributed by atoms with van der Waals surface area (Å²) in [5.74, 6) is 0.850. The predicted octanol–water partition coefficient (Wildman–Crippen LogP) is 1.21. The molecule has 4 heteroatoms. The van der Waals surface area contributed by atoms with Crippen molar-refractivity contribution in [3.8, 4) is 5.75 Å². The van der Waals surface area contributed by atoms with Gasteiger partial charge in [0.15, 0.2) is 5.75 Å². The van der Waals surface area contributed by atoms with Crippen LogP contribution in [0.5, 0.6) is 5.75 Å². The number of benzene rings is 1. The first-order chi connectivity index (χ1) is 7.83. The average molecular weight is 220 g/mol. The van der Waals surface area contributed by atoms with E-state index in [-0.39, 0.29) is 0 Å². The van der Waals surface area contributed by atoms with Crippen LogP contribution in [0.4, 0.5) is 0 Å². The highest BCUT2D eigenvalue weighted by molar-refractivity contribution is 5.88. The molecule has 1 aromatic heterocycles. The number of rotatable bonds is 4. The molecule has 4 nitrogen and oxygen atoms in total. The SMILES string of the molecule is COc1c(CCN)n(OC)c2ccccc12. The minimum atomic E-state index is 0.566. The molecular formula is C12H16N2O2. The number of hydrogen-bond acceptors (Lipinski definition) is 3. The van der Waals surface area contributed by atoms with Gasteiger partial charge in [-0.1, -0.05) is 12.1 Å². The molecule has 0 radical (unpaired) electrons. The van der Waals surface area contributed by atoms with Gasteiger partial charge >= 0.3 is 0 Å². The van der Waals surface area contributed by atoms with Crippen LogP contribution in [0.2, 0.25) is 0 Å². The van der Waals surface area contributed by atoms with E-state index in [0.717, 1.165) is 28.8 Å². The zero-order chi connectivity index (χ0) is 11.5. The fraction of sp³-hybridized carbons (Fsp3) is 0.333. The van der Waals surface area contributed by atoms with Gasteiger partial charge in [-0.15, -0.1) is 0 Å². The van der Waals surface area contributed by atoms with Crippen LogP contribution < -0.4 is 15.3 Å². The molecule has 2 N–H and O–H groups in total. The molecule has 0 amide bonds. The smallest absolute Gasteiger partial charge is 0.151 e. The molecule has 2 rings (SSSR count). The number of hydrogen-bond donors (Lipinski definition) is 1. The lowest BCUT2D eigenvalue weighted by Crippen LogP contribution is -2.13. The molecule has 0 spiro atoms. The Morgan fingerprint density at radius 3 is 2.62 bits per heavy atom. The lowest BCUT2D eigenvalue weighted by atomic mass is 10.2. The molecule has 86 valence electrons. The molecule has 16 heavy (non-hydrogen) atoms. The fourth-order valence-corrected chi connectivity index (χ4v) is 2.02. The van der Waals surface area contributed by atoms with Crippen LogP contribution in [-0.4, -0.2) is 25.5 Å². The maximum atomic E-state index is 5.61. The Hall–Kier alpha value is -1.68. The van der Waals surface area contributed by atoms with Gasteiger partial charge in [0.25, 0.3) is 0 Å². The summed E-state index contributed by atoms with van der Waals surface area (Å²) in [6, 6.07) is 7.98. The molecule has 0 unspecified atom stereocenters. The number of fused-ring (bicyclic) bond motifs is 1. The van der Waals surface area contributed by atoms with Crippen LogP contribution in [0, 0.1) is 0 Å². The van der Waals surface area contributed by atoms with Gasteiger partial charge in [-0.05, 0) is 18.7 Å². The highest BCUT2D eigenvalue weighted by Crippen LogP contribution is 2.32. The monoisotopic (exact) mass is 220 g/mol. The third kappa shape index (κ3) is 1.51. The Morgan fingerprint density at radius 1 is 1.25 bits per heavy atom. The van der Waals surface area contributed by atoms with Gasteiger partial charge in [0.2, 0.25) is 0 Å². The number of aromatic nitrogens is 1. The summed E-state index contributed by atoms with van der Waals surface area (Å²) in [6.07, 6.45) is 0.728. The van der Waals surface area contributed by atoms with Crippen LogP contribution >= 0.6 is 0 Å². The van der Waals surface area contributed by atoms with E-state index >= 15 is 0 Å². The van der Waals surface area contributed by atoms with Crippen LogP contribution in [-0.2, 0) is 6.42 Å². The fourth-order valence-electron chi connectivity index (χ4n) is 2.02. The van der Waals surface area contributed by atoms with Crippen molar-refractivity contribution < 1.29 is 9.57 Å². The molecule has 0 aliphatic heterocycles. The molecule has 0 fully saturated rings. The first-order valence-electron chi connectivity index (χ1n) is 5.24. The number of nitrogens with two attached hydrogens (primary N) is 1. The Bertz CT molecular complexity index is 450. The lowest BCUT2D eigenvalue weighted by molar-refractivity contribution is 0.169. The first-order valence-corrected chi connectivity index (χ1v) is 5.24. The average Bonchev–Trinajstić information content (AvgIpc) is 2.62. The predicted molar refractivity (Wildman–Crippen MR) is 63.8 cm³/mol. The lowest BCUT2D eigenvalue weighted by Gasteiger charge is -2.08. The number of ether oxygens (including phenoxy) is 1. The molecular weight excluding hydrogens is 204 g/mol. The van der Waals surface area contributed by atoms with Crippen LogP contribution in [0.15, 0.2) is 24.3 Å². The van der Waals surface area contributed by atoms with Gasteiger partial charge in [-0.25, -0.2) is 0 Å². The summed E-state index contributed by atoms with van der Waals surface area (Å²) < 4.78 is 7.22. The molecule has 1 aromatic carbocycles. The van der Waals surface area contributed by atoms with E-state index in [2.05, 4.69) is 0 Å². The second-order valence-corrected chi connectivity index (χ2v) is 3.51. The third-order valence-electron chi connectivity index (χ3n) is 2.64. The topological polar surface area (TPSA) is 49.4 Å². The second kappa shape index (κ2) is 4.45. The van der Waals surface area contributed by atoms with Crippen molar-refractivity contribution in [2.75, 3.05) is 20.8 Å². The molecule has 0 saturated carbocycles. The van der Waals surface area contributed by atoms with Crippen molar-refractivity contribution in [2.45, 2.75) is 6.42 Å². The number of methoxy groups -OCH3 is 1. The van der Waals surface area contributed by atoms with Crippen molar-refractivity contribution in [3.05, 3.63) is 30.0 Å². The second-order valence-electron chi connectivity index (χ2n) is 3.51. The van der Waals surface area contributed by atoms with Gasteiger partial charge in [-0.2, -0.15) is 4.73 Å². The number of para-hydroxylation sites is 1. The highest BCUT2D eigenvalue weighted by atomic mass is 16.6. The van der Waals surface area contributed by atoms with Gasteiger partial charge in [-0.3, -0.25) is 0 Å². The van der Waals surface area contributed by atoms with E-state index in [4.69, 9.17) is 15.3 Å². The molecule has 0 saturated heterocycles. The summed E-state index contributed by atoms with van der Waals surface area (Å²) in [6.45, 7) is 0.566. The maximum absolute atomic E-state index is 5.61. The van der Waals surface area contributed by atoms with E-state index in [9.17, 15) is 0 Å². The Kier molecular flexibility index (Phi) is 3.01. The normalized spacial score (nSPS) is 10.7. The van der Waals surface area contributed by atoms with Crippen LogP contribution in [0.25, 0.3) is 10.9 Å². The zero-order valence-electron chi connectivity index (χ0n) is 9.56. The van der Waals surface area contributed by atoms with E-state index in [1.165, 1.54) is 0 Å². The van der Waals surface area contributed by atoms with Gasteiger partial charge in [0, 0.05) is 11.8 Å². The molecule has 0 bridgehead atoms. The van der Waals surface area contributed by atoms with E-state index in [0.29, 0.717) is 6.54 Å². The zero-order valence-corrected chi connectivity index (χ0v) is 9.56. The van der Waals surface area contributed by atoms with Gasteiger partial charge < -0.3 is 15.3 Å². The van der Waals surface area contributed by atoms with Gasteiger partial charge in [0.05, 0.1) is 12.6 Å². The molecule has 2 aromatic rings. The maximum Gasteiger partial charge on any atom is 0.151 e. The molecule has 0 atom stereocenters. The number of nitrogens with zero attached hydrogens (tertiary/aromatic N) is 1. The van der Waals surface area contributed by atoms with E-state index in [1.54, 1.807) is 19.0 Å². The van der Waals surface area contributed by atoms with Crippen molar-refractivity contribution in [1.29, 1.82) is 0 Å². The molecule has 0 aliphatic rings. The molecule has 1 heterocycles. The van der Waals surface area contributed by atoms with Crippen LogP contribution in [0.1, 0.15) is 5.69 Å². The van der Waals surface area contributed by atoms with E-state index < -0.39 is 0 Å². The van der Waals surface area contributed by atoms with E-state index in [1.807, 2.05) is 24.3 Å². The Labute approximate surface area is 94.5 Å². The highest BCUT2D eigenvalue weighted by Gasteiger charge is 2.17. The Morgan fingerprint density at radius 2 is 2.00 bits per heavy atom. The summed E-state index contributed by atoms with van der Waals surface area (Å²) in [4.78, 5) is 5.37. The quantitative estimate of drug-likeness (QED) is 0.842. The summed E-state index contributed by atoms with van der Waals surface area (Å²) in [5.41, 5.74) is 7.59. The van der Waals surface area contributed by atoms with Crippen LogP contribution in [0.3, 0.4) is 0 Å². The largest absolute Gasteiger partial charge is 0.494 e. The third-order valence-corrected chi connectivity index (χ3v) is 2.64. The molecule has 0 aliphatic carbocycles. The van der Waals surface area contributed by atoms with Crippen molar-refractivity contribution in [2.24, 2.45) is 5.73 Å². The van der Waals surface area contributed by atoms with Gasteiger partial charge in [0.1, 0.15) is 12.8 Å². The summed E-state index contributed by atoms with van der Waals surface area (Å²) in [7, 11) is 3.31. The van der Waals surface area contributed by atoms with Crippen molar-refractivity contribution in [1.82, 2.24) is 4.73 Å². The van der Waals surface area contributed by atoms with Crippen molar-refractivity contribution >= 4 is 10.9 Å². The Balaban J connectivity index is 2.73. The first kappa shape index (κ1) is 10.8. The van der Waals surface area contributed by atoms with Crippen molar-refractivity contribution in [3.63, 3.8) is 0 Å². The minimum absolute atomic E-state index is 0.566. The summed E-state index contributed by atoms with van der Waals surface area (Å²) >= 11 is 0. The summed E-state index contributed by atoms with van der Waals surface area (Å²) in [5, 5.41) is 1.05. The minimum Gasteiger partial charge on any atom is -0.494 e.